The van der Waals surface area contributed by atoms with Gasteiger partial charge in [-0.2, -0.15) is 0 Å². The van der Waals surface area contributed by atoms with Gasteiger partial charge in [-0.25, -0.2) is 4.99 Å². The number of benzene rings is 2. The summed E-state index contributed by atoms with van der Waals surface area (Å²) in [6, 6.07) is 14.7. The molecule has 4 rings (SSSR count). The molecule has 2 aromatic carbocycles. The zero-order valence-electron chi connectivity index (χ0n) is 13.9. The smallest absolute Gasteiger partial charge is 0.173 e. The average molecular weight is 413 g/mol. The lowest BCUT2D eigenvalue weighted by Gasteiger charge is -2.30. The standard InChI is InChI=1S/C20H17BrN2OS/c1-13-3-8-16(17(21)11-13)19-12-18(22-20-23(19)9-10-25-20)14-4-6-15(24-2)7-5-14/h3-12,19H,1-2H3. The molecule has 1 atom stereocenters. The van der Waals surface area contributed by atoms with Crippen molar-refractivity contribution in [2.75, 3.05) is 7.11 Å². The van der Waals surface area contributed by atoms with Gasteiger partial charge in [0.2, 0.25) is 0 Å². The highest BCUT2D eigenvalue weighted by Crippen LogP contribution is 2.40. The van der Waals surface area contributed by atoms with Gasteiger partial charge in [0, 0.05) is 16.2 Å². The molecule has 2 heterocycles. The number of hydrogen-bond acceptors (Lipinski definition) is 4. The molecule has 0 bridgehead atoms. The second-order valence-electron chi connectivity index (χ2n) is 5.95. The zero-order valence-corrected chi connectivity index (χ0v) is 16.3. The van der Waals surface area contributed by atoms with E-state index in [-0.39, 0.29) is 6.04 Å². The summed E-state index contributed by atoms with van der Waals surface area (Å²) in [5.74, 6) is 0.851. The number of aryl methyl sites for hydroxylation is 1. The van der Waals surface area contributed by atoms with Crippen molar-refractivity contribution in [1.29, 1.82) is 0 Å². The molecule has 5 heteroatoms. The lowest BCUT2D eigenvalue weighted by Crippen LogP contribution is -2.27. The summed E-state index contributed by atoms with van der Waals surface area (Å²) in [6.45, 7) is 2.10. The van der Waals surface area contributed by atoms with Crippen molar-refractivity contribution in [1.82, 2.24) is 4.90 Å². The predicted molar refractivity (Wildman–Crippen MR) is 109 cm³/mol. The van der Waals surface area contributed by atoms with Crippen LogP contribution in [0.4, 0.5) is 0 Å². The van der Waals surface area contributed by atoms with Crippen LogP contribution in [0, 0.1) is 6.92 Å². The van der Waals surface area contributed by atoms with E-state index in [1.54, 1.807) is 18.9 Å². The van der Waals surface area contributed by atoms with Crippen LogP contribution >= 0.6 is 27.7 Å². The van der Waals surface area contributed by atoms with Crippen LogP contribution in [0.5, 0.6) is 5.75 Å². The molecule has 0 aliphatic carbocycles. The molecular formula is C20H17BrN2OS. The molecule has 2 aliphatic rings. The number of nitrogens with zero attached hydrogens (tertiary/aromatic N) is 2. The van der Waals surface area contributed by atoms with Gasteiger partial charge in [0.1, 0.15) is 5.75 Å². The van der Waals surface area contributed by atoms with Gasteiger partial charge in [-0.15, -0.1) is 0 Å². The fraction of sp³-hybridized carbons (Fsp3) is 0.150. The summed E-state index contributed by atoms with van der Waals surface area (Å²) in [6.07, 6.45) is 4.32. The molecular weight excluding hydrogens is 396 g/mol. The predicted octanol–water partition coefficient (Wildman–Crippen LogP) is 5.74. The van der Waals surface area contributed by atoms with E-state index < -0.39 is 0 Å². The van der Waals surface area contributed by atoms with Gasteiger partial charge in [0.15, 0.2) is 5.17 Å². The lowest BCUT2D eigenvalue weighted by atomic mass is 10.00. The number of rotatable bonds is 3. The van der Waals surface area contributed by atoms with E-state index in [2.05, 4.69) is 75.8 Å². The lowest BCUT2D eigenvalue weighted by molar-refractivity contribution is 0.415. The van der Waals surface area contributed by atoms with Crippen LogP contribution in [0.25, 0.3) is 5.70 Å². The molecule has 0 spiro atoms. The SMILES string of the molecule is COc1ccc(C2=CC(c3ccc(C)cc3Br)N3C=CSC3=N2)cc1. The van der Waals surface area contributed by atoms with Gasteiger partial charge in [-0.05, 0) is 59.9 Å². The van der Waals surface area contributed by atoms with E-state index in [0.29, 0.717) is 0 Å². The van der Waals surface area contributed by atoms with E-state index in [9.17, 15) is 0 Å². The average Bonchev–Trinajstić information content (AvgIpc) is 3.10. The van der Waals surface area contributed by atoms with Crippen molar-refractivity contribution in [2.45, 2.75) is 13.0 Å². The van der Waals surface area contributed by atoms with Gasteiger partial charge in [0.25, 0.3) is 0 Å². The van der Waals surface area contributed by atoms with E-state index in [0.717, 1.165) is 26.7 Å². The van der Waals surface area contributed by atoms with Crippen LogP contribution in [-0.4, -0.2) is 17.2 Å². The monoisotopic (exact) mass is 412 g/mol. The minimum atomic E-state index is 0.117. The van der Waals surface area contributed by atoms with Crippen molar-refractivity contribution in [3.05, 3.63) is 81.3 Å². The Labute approximate surface area is 160 Å². The molecule has 0 amide bonds. The van der Waals surface area contributed by atoms with Crippen molar-refractivity contribution in [2.24, 2.45) is 4.99 Å². The van der Waals surface area contributed by atoms with Crippen LogP contribution in [0.1, 0.15) is 22.7 Å². The maximum atomic E-state index is 5.26. The van der Waals surface area contributed by atoms with Crippen molar-refractivity contribution in [3.8, 4) is 5.75 Å². The van der Waals surface area contributed by atoms with E-state index in [4.69, 9.17) is 9.73 Å². The molecule has 0 radical (unpaired) electrons. The maximum absolute atomic E-state index is 5.26. The minimum Gasteiger partial charge on any atom is -0.497 e. The van der Waals surface area contributed by atoms with Gasteiger partial charge >= 0.3 is 0 Å². The first kappa shape index (κ1) is 16.5. The van der Waals surface area contributed by atoms with Gasteiger partial charge in [0.05, 0.1) is 18.8 Å². The number of methoxy groups -OCH3 is 1. The summed E-state index contributed by atoms with van der Waals surface area (Å²) in [4.78, 5) is 7.06. The summed E-state index contributed by atoms with van der Waals surface area (Å²) < 4.78 is 6.38. The Morgan fingerprint density at radius 2 is 1.96 bits per heavy atom. The number of halogens is 1. The first-order valence-electron chi connectivity index (χ1n) is 7.98. The van der Waals surface area contributed by atoms with Crippen LogP contribution in [-0.2, 0) is 0 Å². The number of aliphatic imine (C=N–C) groups is 1. The van der Waals surface area contributed by atoms with Gasteiger partial charge < -0.3 is 9.64 Å². The Hall–Kier alpha value is -1.98. The first-order valence-corrected chi connectivity index (χ1v) is 9.65. The number of amidine groups is 1. The Kier molecular flexibility index (Phi) is 4.44. The largest absolute Gasteiger partial charge is 0.497 e. The Morgan fingerprint density at radius 3 is 2.68 bits per heavy atom. The Bertz CT molecular complexity index is 902. The third-order valence-electron chi connectivity index (χ3n) is 4.31. The van der Waals surface area contributed by atoms with Crippen LogP contribution < -0.4 is 4.74 Å². The fourth-order valence-corrected chi connectivity index (χ4v) is 4.47. The zero-order chi connectivity index (χ0) is 17.4. The molecule has 0 aromatic heterocycles. The number of hydrogen-bond donors (Lipinski definition) is 0. The Balaban J connectivity index is 1.78. The fourth-order valence-electron chi connectivity index (χ4n) is 2.98. The topological polar surface area (TPSA) is 24.8 Å². The molecule has 0 N–H and O–H groups in total. The van der Waals surface area contributed by atoms with E-state index in [1.807, 2.05) is 12.1 Å². The van der Waals surface area contributed by atoms with Crippen LogP contribution in [0.3, 0.4) is 0 Å². The van der Waals surface area contributed by atoms with E-state index in [1.165, 1.54) is 11.1 Å². The minimum absolute atomic E-state index is 0.117. The molecule has 3 nitrogen and oxygen atoms in total. The normalized spacial score (nSPS) is 18.7. The first-order chi connectivity index (χ1) is 12.2. The highest BCUT2D eigenvalue weighted by atomic mass is 79.9. The molecule has 0 saturated carbocycles. The molecule has 25 heavy (non-hydrogen) atoms. The van der Waals surface area contributed by atoms with Crippen LogP contribution in [0.2, 0.25) is 0 Å². The molecule has 2 aliphatic heterocycles. The van der Waals surface area contributed by atoms with Crippen molar-refractivity contribution in [3.63, 3.8) is 0 Å². The summed E-state index contributed by atoms with van der Waals surface area (Å²) in [5.41, 5.74) is 4.55. The molecule has 2 aromatic rings. The van der Waals surface area contributed by atoms with E-state index >= 15 is 0 Å². The number of thioether (sulfide) groups is 1. The quantitative estimate of drug-likeness (QED) is 0.642. The Morgan fingerprint density at radius 1 is 1.16 bits per heavy atom. The third kappa shape index (κ3) is 3.14. The maximum Gasteiger partial charge on any atom is 0.173 e. The third-order valence-corrected chi connectivity index (χ3v) is 5.77. The molecule has 0 saturated heterocycles. The second kappa shape index (κ2) is 6.73. The molecule has 1 unspecified atom stereocenters. The highest BCUT2D eigenvalue weighted by molar-refractivity contribution is 9.10. The van der Waals surface area contributed by atoms with Crippen molar-refractivity contribution >= 4 is 38.6 Å². The molecule has 0 fully saturated rings. The van der Waals surface area contributed by atoms with Gasteiger partial charge in [-0.1, -0.05) is 39.8 Å². The highest BCUT2D eigenvalue weighted by Gasteiger charge is 2.29. The number of fused-ring (bicyclic) bond motifs is 1. The second-order valence-corrected chi connectivity index (χ2v) is 7.68. The summed E-state index contributed by atoms with van der Waals surface area (Å²) in [7, 11) is 1.68. The van der Waals surface area contributed by atoms with Crippen LogP contribution in [0.15, 0.2) is 69.6 Å². The number of ether oxygens (including phenoxy) is 1. The summed E-state index contributed by atoms with van der Waals surface area (Å²) >= 11 is 5.39. The van der Waals surface area contributed by atoms with Crippen molar-refractivity contribution < 1.29 is 4.74 Å². The van der Waals surface area contributed by atoms with Gasteiger partial charge in [-0.3, -0.25) is 0 Å². The summed E-state index contributed by atoms with van der Waals surface area (Å²) in [5, 5.41) is 3.09. The molecule has 126 valence electrons.